The maximum Gasteiger partial charge on any atom is 0.319 e. The molecule has 2 aromatic rings. The van der Waals surface area contributed by atoms with E-state index in [1.807, 2.05) is 18.9 Å². The van der Waals surface area contributed by atoms with Gasteiger partial charge in [0.1, 0.15) is 5.82 Å². The summed E-state index contributed by atoms with van der Waals surface area (Å²) in [6.07, 6.45) is 0. The highest BCUT2D eigenvalue weighted by Gasteiger charge is 2.20. The number of anilines is 1. The van der Waals surface area contributed by atoms with Gasteiger partial charge in [-0.15, -0.1) is 0 Å². The molecule has 0 saturated carbocycles. The third-order valence-corrected chi connectivity index (χ3v) is 4.88. The molecule has 2 aromatic carbocycles. The molecule has 0 aliphatic carbocycles. The van der Waals surface area contributed by atoms with Crippen molar-refractivity contribution in [3.05, 3.63) is 65.5 Å². The van der Waals surface area contributed by atoms with E-state index >= 15 is 0 Å². The smallest absolute Gasteiger partial charge is 0.319 e. The van der Waals surface area contributed by atoms with Gasteiger partial charge in [-0.3, -0.25) is 4.79 Å². The van der Waals surface area contributed by atoms with Crippen molar-refractivity contribution in [3.63, 3.8) is 0 Å². The minimum Gasteiger partial charge on any atom is -0.336 e. The predicted molar refractivity (Wildman–Crippen MR) is 107 cm³/mol. The SMILES string of the molecule is C[C@@H](NC(=O)Nc1cccc(C(=O)N2CCN(C)CC2)c1)c1ccc(F)cc1. The van der Waals surface area contributed by atoms with Crippen LogP contribution in [0.25, 0.3) is 0 Å². The molecule has 3 rings (SSSR count). The summed E-state index contributed by atoms with van der Waals surface area (Å²) in [5.74, 6) is -0.348. The number of rotatable bonds is 4. The Balaban J connectivity index is 1.59. The quantitative estimate of drug-likeness (QED) is 0.851. The number of benzene rings is 2. The number of nitrogens with zero attached hydrogens (tertiary/aromatic N) is 2. The van der Waals surface area contributed by atoms with Crippen LogP contribution >= 0.6 is 0 Å². The third-order valence-electron chi connectivity index (χ3n) is 4.88. The number of likely N-dealkylation sites (N-methyl/N-ethyl adjacent to an activating group) is 1. The van der Waals surface area contributed by atoms with E-state index in [0.717, 1.165) is 18.7 Å². The van der Waals surface area contributed by atoms with Gasteiger partial charge in [-0.2, -0.15) is 0 Å². The zero-order valence-corrected chi connectivity index (χ0v) is 16.1. The molecule has 1 atom stereocenters. The maximum absolute atomic E-state index is 13.0. The molecule has 2 N–H and O–H groups in total. The van der Waals surface area contributed by atoms with Crippen LogP contribution in [0.2, 0.25) is 0 Å². The normalized spacial score (nSPS) is 15.8. The molecule has 0 unspecified atom stereocenters. The minimum absolute atomic E-state index is 0.0307. The Morgan fingerprint density at radius 1 is 1.04 bits per heavy atom. The van der Waals surface area contributed by atoms with Crippen LogP contribution in [0, 0.1) is 5.82 Å². The molecule has 1 fully saturated rings. The molecule has 0 spiro atoms. The molecule has 3 amide bonds. The maximum atomic E-state index is 13.0. The molecule has 0 radical (unpaired) electrons. The second kappa shape index (κ2) is 8.84. The monoisotopic (exact) mass is 384 g/mol. The van der Waals surface area contributed by atoms with Crippen molar-refractivity contribution >= 4 is 17.6 Å². The summed E-state index contributed by atoms with van der Waals surface area (Å²) in [7, 11) is 2.04. The number of carbonyl (C=O) groups is 2. The van der Waals surface area contributed by atoms with Crippen LogP contribution in [0.4, 0.5) is 14.9 Å². The van der Waals surface area contributed by atoms with Crippen LogP contribution in [-0.2, 0) is 0 Å². The highest BCUT2D eigenvalue weighted by atomic mass is 19.1. The first kappa shape index (κ1) is 19.8. The van der Waals surface area contributed by atoms with E-state index in [0.29, 0.717) is 24.3 Å². The Bertz CT molecular complexity index is 833. The van der Waals surface area contributed by atoms with Gasteiger partial charge in [0.2, 0.25) is 0 Å². The van der Waals surface area contributed by atoms with Crippen LogP contribution in [0.1, 0.15) is 28.9 Å². The Hall–Kier alpha value is -2.93. The van der Waals surface area contributed by atoms with E-state index < -0.39 is 0 Å². The average Bonchev–Trinajstić information content (AvgIpc) is 2.68. The summed E-state index contributed by atoms with van der Waals surface area (Å²) in [5, 5.41) is 5.56. The first-order chi connectivity index (χ1) is 13.4. The predicted octanol–water partition coefficient (Wildman–Crippen LogP) is 3.10. The summed E-state index contributed by atoms with van der Waals surface area (Å²) in [5.41, 5.74) is 1.90. The van der Waals surface area contributed by atoms with Crippen molar-refractivity contribution in [2.75, 3.05) is 38.5 Å². The van der Waals surface area contributed by atoms with Crippen LogP contribution < -0.4 is 10.6 Å². The molecule has 1 aliphatic rings. The van der Waals surface area contributed by atoms with Crippen molar-refractivity contribution in [1.82, 2.24) is 15.1 Å². The molecule has 28 heavy (non-hydrogen) atoms. The number of urea groups is 1. The number of halogens is 1. The second-order valence-electron chi connectivity index (χ2n) is 7.05. The zero-order valence-electron chi connectivity index (χ0n) is 16.1. The number of piperazine rings is 1. The molecular formula is C21H25FN4O2. The molecule has 0 bridgehead atoms. The van der Waals surface area contributed by atoms with Gasteiger partial charge in [0, 0.05) is 37.4 Å². The number of hydrogen-bond acceptors (Lipinski definition) is 3. The van der Waals surface area contributed by atoms with Crippen molar-refractivity contribution in [2.45, 2.75) is 13.0 Å². The number of amides is 3. The van der Waals surface area contributed by atoms with Crippen molar-refractivity contribution in [3.8, 4) is 0 Å². The molecule has 1 heterocycles. The van der Waals surface area contributed by atoms with Gasteiger partial charge in [0.05, 0.1) is 6.04 Å². The molecule has 6 nitrogen and oxygen atoms in total. The fourth-order valence-corrected chi connectivity index (χ4v) is 3.12. The number of carbonyl (C=O) groups excluding carboxylic acids is 2. The van der Waals surface area contributed by atoms with E-state index in [1.165, 1.54) is 12.1 Å². The largest absolute Gasteiger partial charge is 0.336 e. The first-order valence-electron chi connectivity index (χ1n) is 9.33. The fourth-order valence-electron chi connectivity index (χ4n) is 3.12. The van der Waals surface area contributed by atoms with E-state index in [4.69, 9.17) is 0 Å². The summed E-state index contributed by atoms with van der Waals surface area (Å²) in [4.78, 5) is 29.0. The zero-order chi connectivity index (χ0) is 20.1. The fraction of sp³-hybridized carbons (Fsp3) is 0.333. The van der Waals surface area contributed by atoms with E-state index in [2.05, 4.69) is 15.5 Å². The summed E-state index contributed by atoms with van der Waals surface area (Å²) < 4.78 is 13.0. The molecule has 1 aliphatic heterocycles. The van der Waals surface area contributed by atoms with Gasteiger partial charge in [0.25, 0.3) is 5.91 Å². The van der Waals surface area contributed by atoms with Crippen molar-refractivity contribution < 1.29 is 14.0 Å². The van der Waals surface area contributed by atoms with Crippen LogP contribution in [-0.4, -0.2) is 55.0 Å². The standard InChI is InChI=1S/C21H25FN4O2/c1-15(16-6-8-18(22)9-7-16)23-21(28)24-19-5-3-4-17(14-19)20(27)26-12-10-25(2)11-13-26/h3-9,14-15H,10-13H2,1-2H3,(H2,23,24,28)/t15-/m1/s1. The molecule has 0 aromatic heterocycles. The Labute approximate surface area is 164 Å². The van der Waals surface area contributed by atoms with Crippen molar-refractivity contribution in [2.24, 2.45) is 0 Å². The topological polar surface area (TPSA) is 64.7 Å². The minimum atomic E-state index is -0.388. The third kappa shape index (κ3) is 5.07. The lowest BCUT2D eigenvalue weighted by atomic mass is 10.1. The average molecular weight is 384 g/mol. The lowest BCUT2D eigenvalue weighted by molar-refractivity contribution is 0.0664. The van der Waals surface area contributed by atoms with Gasteiger partial charge < -0.3 is 20.4 Å². The number of nitrogens with one attached hydrogen (secondary N) is 2. The van der Waals surface area contributed by atoms with Crippen molar-refractivity contribution in [1.29, 1.82) is 0 Å². The van der Waals surface area contributed by atoms with Crippen LogP contribution in [0.5, 0.6) is 0 Å². The molecule has 7 heteroatoms. The summed E-state index contributed by atoms with van der Waals surface area (Å²) in [6.45, 7) is 4.92. The summed E-state index contributed by atoms with van der Waals surface area (Å²) >= 11 is 0. The van der Waals surface area contributed by atoms with E-state index in [-0.39, 0.29) is 23.8 Å². The van der Waals surface area contributed by atoms with Gasteiger partial charge in [-0.25, -0.2) is 9.18 Å². The van der Waals surface area contributed by atoms with E-state index in [9.17, 15) is 14.0 Å². The highest BCUT2D eigenvalue weighted by Crippen LogP contribution is 2.16. The second-order valence-corrected chi connectivity index (χ2v) is 7.05. The van der Waals surface area contributed by atoms with E-state index in [1.54, 1.807) is 36.4 Å². The Morgan fingerprint density at radius 2 is 1.71 bits per heavy atom. The van der Waals surface area contributed by atoms with Gasteiger partial charge in [0.15, 0.2) is 0 Å². The molecule has 148 valence electrons. The van der Waals surface area contributed by atoms with Gasteiger partial charge in [-0.1, -0.05) is 18.2 Å². The van der Waals surface area contributed by atoms with Crippen LogP contribution in [0.3, 0.4) is 0 Å². The lowest BCUT2D eigenvalue weighted by Gasteiger charge is -2.32. The lowest BCUT2D eigenvalue weighted by Crippen LogP contribution is -2.47. The van der Waals surface area contributed by atoms with Gasteiger partial charge >= 0.3 is 6.03 Å². The summed E-state index contributed by atoms with van der Waals surface area (Å²) in [6, 6.07) is 12.2. The molecular weight excluding hydrogens is 359 g/mol. The van der Waals surface area contributed by atoms with Gasteiger partial charge in [-0.05, 0) is 49.9 Å². The highest BCUT2D eigenvalue weighted by molar-refractivity contribution is 5.97. The molecule has 1 saturated heterocycles. The Kier molecular flexibility index (Phi) is 6.26. The number of hydrogen-bond donors (Lipinski definition) is 2. The Morgan fingerprint density at radius 3 is 2.39 bits per heavy atom. The van der Waals surface area contributed by atoms with Crippen LogP contribution in [0.15, 0.2) is 48.5 Å². The first-order valence-corrected chi connectivity index (χ1v) is 9.33.